The number of anilines is 2. The normalized spacial score (nSPS) is 10.2. The predicted octanol–water partition coefficient (Wildman–Crippen LogP) is 3.38. The smallest absolute Gasteiger partial charge is 0.337 e. The number of aryl methyl sites for hydroxylation is 2. The number of esters is 2. The molecule has 0 aliphatic carbocycles. The van der Waals surface area contributed by atoms with Crippen LogP contribution < -0.4 is 10.6 Å². The number of methoxy groups -OCH3 is 1. The minimum atomic E-state index is -0.550. The second kappa shape index (κ2) is 11.5. The molecule has 31 heavy (non-hydrogen) atoms. The van der Waals surface area contributed by atoms with Crippen LogP contribution in [-0.4, -0.2) is 37.5 Å². The van der Waals surface area contributed by atoms with Crippen molar-refractivity contribution in [3.05, 3.63) is 59.2 Å². The van der Waals surface area contributed by atoms with Crippen LogP contribution in [-0.2, 0) is 23.9 Å². The molecule has 2 N–H and O–H groups in total. The second-order valence-corrected chi connectivity index (χ2v) is 7.06. The van der Waals surface area contributed by atoms with Gasteiger partial charge in [0.25, 0.3) is 5.91 Å². The third kappa shape index (κ3) is 8.30. The molecule has 0 unspecified atom stereocenters. The summed E-state index contributed by atoms with van der Waals surface area (Å²) in [5.74, 6) is -1.71. The number of hydrogen-bond donors (Lipinski definition) is 2. The van der Waals surface area contributed by atoms with Crippen molar-refractivity contribution in [2.45, 2.75) is 33.1 Å². The van der Waals surface area contributed by atoms with E-state index >= 15 is 0 Å². The Balaban J connectivity index is 1.66. The largest absolute Gasteiger partial charge is 0.465 e. The number of ether oxygens (including phenoxy) is 2. The first kappa shape index (κ1) is 23.6. The zero-order valence-electron chi connectivity index (χ0n) is 17.8. The molecule has 2 rings (SSSR count). The molecule has 0 aliphatic heterocycles. The van der Waals surface area contributed by atoms with Gasteiger partial charge in [0.15, 0.2) is 6.61 Å². The van der Waals surface area contributed by atoms with Gasteiger partial charge in [0, 0.05) is 24.2 Å². The summed E-state index contributed by atoms with van der Waals surface area (Å²) >= 11 is 0. The van der Waals surface area contributed by atoms with Gasteiger partial charge in [0.1, 0.15) is 0 Å². The van der Waals surface area contributed by atoms with Crippen LogP contribution in [0.25, 0.3) is 0 Å². The molecule has 2 amide bonds. The maximum Gasteiger partial charge on any atom is 0.337 e. The molecule has 164 valence electrons. The zero-order chi connectivity index (χ0) is 22.8. The molecule has 0 saturated carbocycles. The molecule has 0 aromatic heterocycles. The molecular formula is C23H26N2O6. The average Bonchev–Trinajstić information content (AvgIpc) is 2.71. The van der Waals surface area contributed by atoms with Crippen LogP contribution in [0.3, 0.4) is 0 Å². The molecule has 2 aromatic carbocycles. The van der Waals surface area contributed by atoms with E-state index in [1.807, 2.05) is 32.0 Å². The van der Waals surface area contributed by atoms with Crippen LogP contribution >= 0.6 is 0 Å². The topological polar surface area (TPSA) is 111 Å². The van der Waals surface area contributed by atoms with Crippen molar-refractivity contribution < 1.29 is 28.7 Å². The summed E-state index contributed by atoms with van der Waals surface area (Å²) in [6.45, 7) is 3.47. The highest BCUT2D eigenvalue weighted by molar-refractivity contribution is 5.94. The van der Waals surface area contributed by atoms with Gasteiger partial charge < -0.3 is 20.1 Å². The molecule has 0 fully saturated rings. The van der Waals surface area contributed by atoms with E-state index in [-0.39, 0.29) is 31.8 Å². The van der Waals surface area contributed by atoms with Crippen LogP contribution in [0.2, 0.25) is 0 Å². The molecule has 0 radical (unpaired) electrons. The van der Waals surface area contributed by atoms with E-state index in [4.69, 9.17) is 4.74 Å². The first-order valence-corrected chi connectivity index (χ1v) is 9.79. The summed E-state index contributed by atoms with van der Waals surface area (Å²) in [6, 6.07) is 11.9. The van der Waals surface area contributed by atoms with Crippen LogP contribution in [0.4, 0.5) is 11.4 Å². The SMILES string of the molecule is COC(=O)c1ccc(NC(=O)CCCC(=O)OCC(=O)Nc2cc(C)cc(C)c2)cc1. The van der Waals surface area contributed by atoms with Crippen LogP contribution in [0.1, 0.15) is 40.7 Å². The van der Waals surface area contributed by atoms with Crippen molar-refractivity contribution in [1.82, 2.24) is 0 Å². The number of rotatable bonds is 9. The standard InChI is InChI=1S/C23H26N2O6/c1-15-11-16(2)13-19(12-15)25-21(27)14-31-22(28)6-4-5-20(26)24-18-9-7-17(8-10-18)23(29)30-3/h7-13H,4-6,14H2,1-3H3,(H,24,26)(H,25,27). The highest BCUT2D eigenvalue weighted by atomic mass is 16.5. The maximum atomic E-state index is 12.0. The van der Waals surface area contributed by atoms with E-state index < -0.39 is 17.8 Å². The Hall–Kier alpha value is -3.68. The summed E-state index contributed by atoms with van der Waals surface area (Å²) in [4.78, 5) is 47.1. The quantitative estimate of drug-likeness (QED) is 0.595. The highest BCUT2D eigenvalue weighted by Gasteiger charge is 2.11. The molecule has 0 spiro atoms. The summed E-state index contributed by atoms with van der Waals surface area (Å²) < 4.78 is 9.57. The van der Waals surface area contributed by atoms with E-state index in [1.54, 1.807) is 24.3 Å². The minimum absolute atomic E-state index is 0.0194. The fourth-order valence-electron chi connectivity index (χ4n) is 2.89. The number of benzene rings is 2. The molecule has 0 atom stereocenters. The Morgan fingerprint density at radius 2 is 1.42 bits per heavy atom. The van der Waals surface area contributed by atoms with Crippen molar-refractivity contribution in [1.29, 1.82) is 0 Å². The van der Waals surface area contributed by atoms with Crippen molar-refractivity contribution in [3.63, 3.8) is 0 Å². The van der Waals surface area contributed by atoms with E-state index in [2.05, 4.69) is 15.4 Å². The van der Waals surface area contributed by atoms with Crippen molar-refractivity contribution in [2.24, 2.45) is 0 Å². The Morgan fingerprint density at radius 1 is 0.806 bits per heavy atom. The van der Waals surface area contributed by atoms with Gasteiger partial charge in [-0.1, -0.05) is 6.07 Å². The van der Waals surface area contributed by atoms with Crippen LogP contribution in [0.15, 0.2) is 42.5 Å². The Kier molecular flexibility index (Phi) is 8.75. The summed E-state index contributed by atoms with van der Waals surface area (Å²) in [7, 11) is 1.29. The molecule has 0 saturated heterocycles. The van der Waals surface area contributed by atoms with Gasteiger partial charge in [-0.25, -0.2) is 4.79 Å². The first-order valence-electron chi connectivity index (χ1n) is 9.79. The van der Waals surface area contributed by atoms with Crippen LogP contribution in [0, 0.1) is 13.8 Å². The molecule has 0 aliphatic rings. The van der Waals surface area contributed by atoms with Crippen molar-refractivity contribution in [3.8, 4) is 0 Å². The Labute approximate surface area is 180 Å². The number of carbonyl (C=O) groups is 4. The minimum Gasteiger partial charge on any atom is -0.465 e. The lowest BCUT2D eigenvalue weighted by atomic mass is 10.1. The highest BCUT2D eigenvalue weighted by Crippen LogP contribution is 2.14. The first-order chi connectivity index (χ1) is 14.8. The number of amides is 2. The molecule has 2 aromatic rings. The second-order valence-electron chi connectivity index (χ2n) is 7.06. The van der Waals surface area contributed by atoms with E-state index in [0.717, 1.165) is 11.1 Å². The van der Waals surface area contributed by atoms with Gasteiger partial charge in [-0.2, -0.15) is 0 Å². The van der Waals surface area contributed by atoms with Gasteiger partial charge in [0.2, 0.25) is 5.91 Å². The van der Waals surface area contributed by atoms with Gasteiger partial charge in [-0.3, -0.25) is 14.4 Å². The third-order valence-electron chi connectivity index (χ3n) is 4.24. The summed E-state index contributed by atoms with van der Waals surface area (Å²) in [6.07, 6.45) is 0.414. The number of nitrogens with one attached hydrogen (secondary N) is 2. The predicted molar refractivity (Wildman–Crippen MR) is 116 cm³/mol. The lowest BCUT2D eigenvalue weighted by Gasteiger charge is -2.09. The lowest BCUT2D eigenvalue weighted by Crippen LogP contribution is -2.21. The van der Waals surface area contributed by atoms with Gasteiger partial charge in [-0.15, -0.1) is 0 Å². The monoisotopic (exact) mass is 426 g/mol. The van der Waals surface area contributed by atoms with Crippen molar-refractivity contribution in [2.75, 3.05) is 24.4 Å². The lowest BCUT2D eigenvalue weighted by molar-refractivity contribution is -0.147. The van der Waals surface area contributed by atoms with Crippen molar-refractivity contribution >= 4 is 35.1 Å². The van der Waals surface area contributed by atoms with E-state index in [9.17, 15) is 19.2 Å². The molecule has 0 heterocycles. The Bertz CT molecular complexity index is 933. The fraction of sp³-hybridized carbons (Fsp3) is 0.304. The van der Waals surface area contributed by atoms with E-state index in [0.29, 0.717) is 16.9 Å². The third-order valence-corrected chi connectivity index (χ3v) is 4.24. The Morgan fingerprint density at radius 3 is 2.03 bits per heavy atom. The number of hydrogen-bond acceptors (Lipinski definition) is 6. The maximum absolute atomic E-state index is 12.0. The van der Waals surface area contributed by atoms with Gasteiger partial charge in [0.05, 0.1) is 12.7 Å². The number of carbonyl (C=O) groups excluding carboxylic acids is 4. The molecular weight excluding hydrogens is 400 g/mol. The molecule has 8 heteroatoms. The average molecular weight is 426 g/mol. The zero-order valence-corrected chi connectivity index (χ0v) is 17.8. The van der Waals surface area contributed by atoms with Gasteiger partial charge in [-0.05, 0) is 67.8 Å². The van der Waals surface area contributed by atoms with Gasteiger partial charge >= 0.3 is 11.9 Å². The van der Waals surface area contributed by atoms with Crippen LogP contribution in [0.5, 0.6) is 0 Å². The summed E-state index contributed by atoms with van der Waals surface area (Å²) in [5.41, 5.74) is 3.60. The summed E-state index contributed by atoms with van der Waals surface area (Å²) in [5, 5.41) is 5.37. The van der Waals surface area contributed by atoms with E-state index in [1.165, 1.54) is 7.11 Å². The fourth-order valence-corrected chi connectivity index (χ4v) is 2.89. The molecule has 8 nitrogen and oxygen atoms in total. The molecule has 0 bridgehead atoms.